The molecule has 1 aliphatic heterocycles. The van der Waals surface area contributed by atoms with E-state index in [1.807, 2.05) is 23.1 Å². The molecule has 0 saturated carbocycles. The summed E-state index contributed by atoms with van der Waals surface area (Å²) in [7, 11) is 1.68. The number of benzene rings is 1. The van der Waals surface area contributed by atoms with Crippen molar-refractivity contribution in [2.24, 2.45) is 5.92 Å². The first-order valence-corrected chi connectivity index (χ1v) is 7.81. The molecule has 1 saturated heterocycles. The van der Waals surface area contributed by atoms with Crippen LogP contribution in [-0.4, -0.2) is 44.2 Å². The number of rotatable bonds is 7. The summed E-state index contributed by atoms with van der Waals surface area (Å²) in [6.07, 6.45) is 2.97. The molecule has 1 aromatic carbocycles. The maximum Gasteiger partial charge on any atom is 0.223 e. The minimum Gasteiger partial charge on any atom is -0.383 e. The molecule has 0 spiro atoms. The number of hydrogen-bond donors (Lipinski definition) is 1. The normalized spacial score (nSPS) is 18.4. The Kier molecular flexibility index (Phi) is 6.70. The highest BCUT2D eigenvalue weighted by Gasteiger charge is 2.21. The Hall–Kier alpha value is -1.39. The molecule has 2 rings (SSSR count). The number of nitrogens with one attached hydrogen (secondary N) is 1. The highest BCUT2D eigenvalue weighted by atomic mass is 16.5. The van der Waals surface area contributed by atoms with Gasteiger partial charge < -0.3 is 15.0 Å². The molecular formula is C17H26N2O2. The summed E-state index contributed by atoms with van der Waals surface area (Å²) in [5, 5.41) is 3.38. The summed E-state index contributed by atoms with van der Waals surface area (Å²) in [5.74, 6) is 0.719. The molecule has 1 fully saturated rings. The zero-order chi connectivity index (χ0) is 14.9. The van der Waals surface area contributed by atoms with Gasteiger partial charge >= 0.3 is 0 Å². The second-order valence-corrected chi connectivity index (χ2v) is 5.71. The lowest BCUT2D eigenvalue weighted by atomic mass is 9.95. The van der Waals surface area contributed by atoms with Crippen LogP contribution in [0, 0.1) is 5.92 Å². The average Bonchev–Trinajstić information content (AvgIpc) is 2.53. The van der Waals surface area contributed by atoms with Crippen LogP contribution in [0.15, 0.2) is 30.3 Å². The highest BCUT2D eigenvalue weighted by Crippen LogP contribution is 2.16. The third kappa shape index (κ3) is 5.48. The van der Waals surface area contributed by atoms with Crippen molar-refractivity contribution in [1.82, 2.24) is 10.2 Å². The van der Waals surface area contributed by atoms with Gasteiger partial charge in [0.05, 0.1) is 6.61 Å². The Balaban J connectivity index is 1.92. The van der Waals surface area contributed by atoms with Crippen molar-refractivity contribution in [2.75, 3.05) is 33.4 Å². The van der Waals surface area contributed by atoms with Crippen molar-refractivity contribution < 1.29 is 9.53 Å². The molecule has 0 bridgehead atoms. The minimum atomic E-state index is 0.240. The molecule has 1 atom stereocenters. The number of piperidine rings is 1. The van der Waals surface area contributed by atoms with Crippen LogP contribution in [0.4, 0.5) is 0 Å². The van der Waals surface area contributed by atoms with Crippen LogP contribution < -0.4 is 5.32 Å². The fraction of sp³-hybridized carbons (Fsp3) is 0.588. The van der Waals surface area contributed by atoms with Crippen molar-refractivity contribution >= 4 is 5.91 Å². The fourth-order valence-corrected chi connectivity index (χ4v) is 2.77. The lowest BCUT2D eigenvalue weighted by Crippen LogP contribution is -2.37. The van der Waals surface area contributed by atoms with Crippen LogP contribution in [0.5, 0.6) is 0 Å². The molecule has 0 aromatic heterocycles. The highest BCUT2D eigenvalue weighted by molar-refractivity contribution is 5.76. The first-order chi connectivity index (χ1) is 10.3. The Morgan fingerprint density at radius 3 is 2.86 bits per heavy atom. The van der Waals surface area contributed by atoms with E-state index in [4.69, 9.17) is 4.74 Å². The van der Waals surface area contributed by atoms with Gasteiger partial charge in [-0.25, -0.2) is 0 Å². The fourth-order valence-electron chi connectivity index (χ4n) is 2.77. The van der Waals surface area contributed by atoms with Crippen LogP contribution in [0.2, 0.25) is 0 Å². The maximum absolute atomic E-state index is 12.6. The van der Waals surface area contributed by atoms with Gasteiger partial charge in [0.25, 0.3) is 0 Å². The van der Waals surface area contributed by atoms with Gasteiger partial charge in [-0.2, -0.15) is 0 Å². The quantitative estimate of drug-likeness (QED) is 0.835. The molecule has 1 amide bonds. The van der Waals surface area contributed by atoms with Crippen LogP contribution in [0.3, 0.4) is 0 Å². The van der Waals surface area contributed by atoms with Crippen molar-refractivity contribution in [1.29, 1.82) is 0 Å². The molecule has 21 heavy (non-hydrogen) atoms. The predicted octanol–water partition coefficient (Wildman–Crippen LogP) is 2.05. The van der Waals surface area contributed by atoms with E-state index in [0.29, 0.717) is 32.0 Å². The number of ether oxygens (including phenoxy) is 1. The number of methoxy groups -OCH3 is 1. The molecular weight excluding hydrogens is 264 g/mol. The summed E-state index contributed by atoms with van der Waals surface area (Å²) in [4.78, 5) is 14.5. The second-order valence-electron chi connectivity index (χ2n) is 5.71. The van der Waals surface area contributed by atoms with Crippen molar-refractivity contribution in [3.05, 3.63) is 35.9 Å². The first kappa shape index (κ1) is 16.0. The number of amides is 1. The SMILES string of the molecule is COCCN(Cc1ccccc1)C(=O)CC1CCCNC1. The van der Waals surface area contributed by atoms with E-state index in [0.717, 1.165) is 19.5 Å². The van der Waals surface area contributed by atoms with Gasteiger partial charge in [0.1, 0.15) is 0 Å². The number of nitrogens with zero attached hydrogens (tertiary/aromatic N) is 1. The maximum atomic E-state index is 12.6. The van der Waals surface area contributed by atoms with Gasteiger partial charge in [0, 0.05) is 26.6 Å². The van der Waals surface area contributed by atoms with E-state index in [1.54, 1.807) is 7.11 Å². The largest absolute Gasteiger partial charge is 0.383 e. The molecule has 0 radical (unpaired) electrons. The lowest BCUT2D eigenvalue weighted by Gasteiger charge is -2.27. The standard InChI is InChI=1S/C17H26N2O2/c1-21-11-10-19(14-15-6-3-2-4-7-15)17(20)12-16-8-5-9-18-13-16/h2-4,6-7,16,18H,5,8-14H2,1H3. The molecule has 1 aliphatic rings. The van der Waals surface area contributed by atoms with Crippen LogP contribution in [0.1, 0.15) is 24.8 Å². The average molecular weight is 290 g/mol. The Morgan fingerprint density at radius 1 is 1.38 bits per heavy atom. The van der Waals surface area contributed by atoms with E-state index in [2.05, 4.69) is 17.4 Å². The number of carbonyl (C=O) groups is 1. The second kappa shape index (κ2) is 8.80. The molecule has 4 nitrogen and oxygen atoms in total. The Morgan fingerprint density at radius 2 is 2.19 bits per heavy atom. The Bertz CT molecular complexity index is 416. The number of carbonyl (C=O) groups excluding carboxylic acids is 1. The third-order valence-electron chi connectivity index (χ3n) is 4.00. The molecule has 116 valence electrons. The summed E-state index contributed by atoms with van der Waals surface area (Å²) in [6, 6.07) is 10.2. The van der Waals surface area contributed by atoms with Crippen LogP contribution >= 0.6 is 0 Å². The third-order valence-corrected chi connectivity index (χ3v) is 4.00. The number of hydrogen-bond acceptors (Lipinski definition) is 3. The van der Waals surface area contributed by atoms with Gasteiger partial charge in [-0.3, -0.25) is 4.79 Å². The summed E-state index contributed by atoms with van der Waals surface area (Å²) in [6.45, 7) is 3.96. The summed E-state index contributed by atoms with van der Waals surface area (Å²) < 4.78 is 5.14. The zero-order valence-electron chi connectivity index (χ0n) is 12.9. The predicted molar refractivity (Wildman–Crippen MR) is 83.9 cm³/mol. The van der Waals surface area contributed by atoms with E-state index in [1.165, 1.54) is 12.0 Å². The van der Waals surface area contributed by atoms with Crippen LogP contribution in [-0.2, 0) is 16.1 Å². The van der Waals surface area contributed by atoms with Gasteiger partial charge in [0.2, 0.25) is 5.91 Å². The Labute approximate surface area is 127 Å². The van der Waals surface area contributed by atoms with Gasteiger partial charge in [-0.1, -0.05) is 30.3 Å². The van der Waals surface area contributed by atoms with Crippen molar-refractivity contribution in [2.45, 2.75) is 25.8 Å². The van der Waals surface area contributed by atoms with Crippen LogP contribution in [0.25, 0.3) is 0 Å². The van der Waals surface area contributed by atoms with E-state index in [-0.39, 0.29) is 5.91 Å². The molecule has 1 heterocycles. The van der Waals surface area contributed by atoms with Gasteiger partial charge in [-0.05, 0) is 37.4 Å². The van der Waals surface area contributed by atoms with Gasteiger partial charge in [0.15, 0.2) is 0 Å². The minimum absolute atomic E-state index is 0.240. The lowest BCUT2D eigenvalue weighted by molar-refractivity contribution is -0.133. The zero-order valence-corrected chi connectivity index (χ0v) is 12.9. The monoisotopic (exact) mass is 290 g/mol. The topological polar surface area (TPSA) is 41.6 Å². The van der Waals surface area contributed by atoms with E-state index in [9.17, 15) is 4.79 Å². The van der Waals surface area contributed by atoms with Gasteiger partial charge in [-0.15, -0.1) is 0 Å². The molecule has 1 N–H and O–H groups in total. The molecule has 1 unspecified atom stereocenters. The molecule has 4 heteroatoms. The first-order valence-electron chi connectivity index (χ1n) is 7.81. The molecule has 1 aromatic rings. The van der Waals surface area contributed by atoms with Crippen molar-refractivity contribution in [3.8, 4) is 0 Å². The smallest absolute Gasteiger partial charge is 0.223 e. The van der Waals surface area contributed by atoms with E-state index >= 15 is 0 Å². The molecule has 0 aliphatic carbocycles. The summed E-state index contributed by atoms with van der Waals surface area (Å²) >= 11 is 0. The van der Waals surface area contributed by atoms with Crippen molar-refractivity contribution in [3.63, 3.8) is 0 Å². The van der Waals surface area contributed by atoms with E-state index < -0.39 is 0 Å². The summed E-state index contributed by atoms with van der Waals surface area (Å²) in [5.41, 5.74) is 1.17.